The van der Waals surface area contributed by atoms with E-state index in [1.54, 1.807) is 48.5 Å². The molecule has 8 heteroatoms. The van der Waals surface area contributed by atoms with Gasteiger partial charge in [0, 0.05) is 26.9 Å². The highest BCUT2D eigenvalue weighted by molar-refractivity contribution is 8.00. The van der Waals surface area contributed by atoms with Gasteiger partial charge in [0.1, 0.15) is 5.25 Å². The Morgan fingerprint density at radius 2 is 1.43 bits per heavy atom. The number of amides is 2. The topological polar surface area (TPSA) is 58.2 Å². The monoisotopic (exact) mass is 540 g/mol. The second-order valence-electron chi connectivity index (χ2n) is 7.52. The molecule has 0 fully saturated rings. The van der Waals surface area contributed by atoms with Crippen molar-refractivity contribution >= 4 is 69.8 Å². The molecule has 0 heterocycles. The van der Waals surface area contributed by atoms with Crippen molar-refractivity contribution in [2.45, 2.75) is 10.1 Å². The van der Waals surface area contributed by atoms with Crippen LogP contribution in [0.15, 0.2) is 102 Å². The van der Waals surface area contributed by atoms with Crippen molar-refractivity contribution in [2.24, 2.45) is 0 Å². The molecule has 0 radical (unpaired) electrons. The van der Waals surface area contributed by atoms with Crippen molar-refractivity contribution in [2.75, 3.05) is 10.6 Å². The van der Waals surface area contributed by atoms with E-state index in [1.165, 1.54) is 11.8 Å². The smallest absolute Gasteiger partial charge is 0.255 e. The van der Waals surface area contributed by atoms with E-state index in [4.69, 9.17) is 34.8 Å². The van der Waals surface area contributed by atoms with Gasteiger partial charge in [-0.2, -0.15) is 0 Å². The summed E-state index contributed by atoms with van der Waals surface area (Å²) in [5.41, 5.74) is 2.45. The Hall–Kier alpha value is -2.96. The number of hydrogen-bond acceptors (Lipinski definition) is 3. The number of anilines is 2. The molecule has 0 aliphatic rings. The van der Waals surface area contributed by atoms with Gasteiger partial charge in [0.2, 0.25) is 5.91 Å². The van der Waals surface area contributed by atoms with E-state index in [-0.39, 0.29) is 11.8 Å². The third kappa shape index (κ3) is 6.80. The van der Waals surface area contributed by atoms with Gasteiger partial charge in [0.05, 0.1) is 10.0 Å². The van der Waals surface area contributed by atoms with Crippen LogP contribution < -0.4 is 10.6 Å². The number of halogens is 3. The van der Waals surface area contributed by atoms with Gasteiger partial charge in [0.25, 0.3) is 5.91 Å². The molecular weight excluding hydrogens is 523 g/mol. The van der Waals surface area contributed by atoms with Gasteiger partial charge in [0.15, 0.2) is 0 Å². The molecule has 0 aromatic heterocycles. The SMILES string of the molecule is O=C(Nc1cccc(SC(C(=O)Nc2ccc(Cl)c(Cl)c2)c2ccccc2)c1)c1cccc(Cl)c1. The predicted octanol–water partition coefficient (Wildman–Crippen LogP) is 8.37. The van der Waals surface area contributed by atoms with Crippen LogP contribution in [0.1, 0.15) is 21.2 Å². The molecule has 0 spiro atoms. The highest BCUT2D eigenvalue weighted by atomic mass is 35.5. The van der Waals surface area contributed by atoms with Crippen LogP contribution in [0.2, 0.25) is 15.1 Å². The van der Waals surface area contributed by atoms with Crippen molar-refractivity contribution in [3.05, 3.63) is 123 Å². The zero-order chi connectivity index (χ0) is 24.8. The third-order valence-corrected chi connectivity index (χ3v) is 7.18. The number of carbonyl (C=O) groups excluding carboxylic acids is 2. The van der Waals surface area contributed by atoms with Gasteiger partial charge in [-0.05, 0) is 60.2 Å². The molecule has 176 valence electrons. The molecular formula is C27H19Cl3N2O2S. The molecule has 0 saturated carbocycles. The standard InChI is InChI=1S/C27H19Cl3N2O2S/c28-19-9-4-8-18(14-19)26(33)31-20-10-5-11-22(15-20)35-25(17-6-2-1-3-7-17)27(34)32-21-12-13-23(29)24(30)16-21/h1-16,25H,(H,31,33)(H,32,34). The number of hydrogen-bond donors (Lipinski definition) is 2. The predicted molar refractivity (Wildman–Crippen MR) is 146 cm³/mol. The van der Waals surface area contributed by atoms with Crippen molar-refractivity contribution in [1.82, 2.24) is 0 Å². The van der Waals surface area contributed by atoms with Crippen LogP contribution >= 0.6 is 46.6 Å². The minimum absolute atomic E-state index is 0.215. The van der Waals surface area contributed by atoms with Crippen LogP contribution in [-0.4, -0.2) is 11.8 Å². The molecule has 0 aliphatic heterocycles. The number of thioether (sulfide) groups is 1. The third-order valence-electron chi connectivity index (χ3n) is 4.96. The Bertz CT molecular complexity index is 1370. The summed E-state index contributed by atoms with van der Waals surface area (Å²) in [6.07, 6.45) is 0. The second-order valence-corrected chi connectivity index (χ2v) is 9.95. The first-order valence-corrected chi connectivity index (χ1v) is 12.5. The van der Waals surface area contributed by atoms with E-state index < -0.39 is 5.25 Å². The van der Waals surface area contributed by atoms with Crippen LogP contribution in [-0.2, 0) is 4.79 Å². The summed E-state index contributed by atoms with van der Waals surface area (Å²) in [5.74, 6) is -0.487. The average molecular weight is 542 g/mol. The van der Waals surface area contributed by atoms with Crippen molar-refractivity contribution < 1.29 is 9.59 Å². The van der Waals surface area contributed by atoms with E-state index >= 15 is 0 Å². The van der Waals surface area contributed by atoms with Crippen molar-refractivity contribution in [3.63, 3.8) is 0 Å². The molecule has 4 nitrogen and oxygen atoms in total. The summed E-state index contributed by atoms with van der Waals surface area (Å²) in [6, 6.07) is 28.5. The molecule has 1 unspecified atom stereocenters. The van der Waals surface area contributed by atoms with Gasteiger partial charge >= 0.3 is 0 Å². The summed E-state index contributed by atoms with van der Waals surface area (Å²) < 4.78 is 0. The lowest BCUT2D eigenvalue weighted by molar-refractivity contribution is -0.115. The lowest BCUT2D eigenvalue weighted by atomic mass is 10.1. The Kier molecular flexibility index (Phi) is 8.37. The van der Waals surface area contributed by atoms with E-state index in [9.17, 15) is 9.59 Å². The van der Waals surface area contributed by atoms with Gasteiger partial charge in [-0.15, -0.1) is 11.8 Å². The van der Waals surface area contributed by atoms with Crippen molar-refractivity contribution in [1.29, 1.82) is 0 Å². The van der Waals surface area contributed by atoms with Crippen LogP contribution in [0.25, 0.3) is 0 Å². The fourth-order valence-corrected chi connectivity index (χ4v) is 4.87. The average Bonchev–Trinajstić information content (AvgIpc) is 2.85. The Balaban J connectivity index is 1.54. The van der Waals surface area contributed by atoms with Crippen LogP contribution in [0.3, 0.4) is 0 Å². The number of rotatable bonds is 7. The molecule has 2 amide bonds. The fourth-order valence-electron chi connectivity index (χ4n) is 3.30. The summed E-state index contributed by atoms with van der Waals surface area (Å²) in [6.45, 7) is 0. The minimum atomic E-state index is -0.551. The summed E-state index contributed by atoms with van der Waals surface area (Å²) in [5, 5.41) is 6.50. The summed E-state index contributed by atoms with van der Waals surface area (Å²) >= 11 is 19.5. The fraction of sp³-hybridized carbons (Fsp3) is 0.0370. The van der Waals surface area contributed by atoms with Gasteiger partial charge in [-0.1, -0.05) is 77.3 Å². The Labute approximate surface area is 222 Å². The first kappa shape index (κ1) is 25.1. The zero-order valence-electron chi connectivity index (χ0n) is 18.2. The molecule has 4 aromatic rings. The molecule has 35 heavy (non-hydrogen) atoms. The van der Waals surface area contributed by atoms with E-state index in [1.807, 2.05) is 48.5 Å². The lowest BCUT2D eigenvalue weighted by Gasteiger charge is -2.18. The van der Waals surface area contributed by atoms with E-state index in [0.717, 1.165) is 10.5 Å². The van der Waals surface area contributed by atoms with Gasteiger partial charge in [-0.3, -0.25) is 9.59 Å². The van der Waals surface area contributed by atoms with E-state index in [2.05, 4.69) is 10.6 Å². The van der Waals surface area contributed by atoms with Crippen molar-refractivity contribution in [3.8, 4) is 0 Å². The first-order valence-electron chi connectivity index (χ1n) is 10.5. The largest absolute Gasteiger partial charge is 0.325 e. The maximum atomic E-state index is 13.3. The molecule has 0 bridgehead atoms. The Morgan fingerprint density at radius 3 is 2.17 bits per heavy atom. The molecule has 4 aromatic carbocycles. The number of nitrogens with one attached hydrogen (secondary N) is 2. The zero-order valence-corrected chi connectivity index (χ0v) is 21.3. The maximum absolute atomic E-state index is 13.3. The normalized spacial score (nSPS) is 11.5. The number of carbonyl (C=O) groups is 2. The maximum Gasteiger partial charge on any atom is 0.255 e. The molecule has 1 atom stereocenters. The molecule has 0 saturated heterocycles. The molecule has 4 rings (SSSR count). The molecule has 0 aliphatic carbocycles. The first-order chi connectivity index (χ1) is 16.9. The van der Waals surface area contributed by atoms with Crippen LogP contribution in [0.5, 0.6) is 0 Å². The van der Waals surface area contributed by atoms with Gasteiger partial charge < -0.3 is 10.6 Å². The summed E-state index contributed by atoms with van der Waals surface area (Å²) in [7, 11) is 0. The van der Waals surface area contributed by atoms with Gasteiger partial charge in [-0.25, -0.2) is 0 Å². The summed E-state index contributed by atoms with van der Waals surface area (Å²) in [4.78, 5) is 26.7. The van der Waals surface area contributed by atoms with E-state index in [0.29, 0.717) is 32.0 Å². The number of benzene rings is 4. The lowest BCUT2D eigenvalue weighted by Crippen LogP contribution is -2.19. The van der Waals surface area contributed by atoms with Crippen LogP contribution in [0.4, 0.5) is 11.4 Å². The van der Waals surface area contributed by atoms with Crippen LogP contribution in [0, 0.1) is 0 Å². The highest BCUT2D eigenvalue weighted by Gasteiger charge is 2.23. The molecule has 2 N–H and O–H groups in total. The highest BCUT2D eigenvalue weighted by Crippen LogP contribution is 2.37. The Morgan fingerprint density at radius 1 is 0.686 bits per heavy atom. The minimum Gasteiger partial charge on any atom is -0.325 e. The second kappa shape index (κ2) is 11.6. The quantitative estimate of drug-likeness (QED) is 0.231.